The van der Waals surface area contributed by atoms with Crippen LogP contribution in [0.5, 0.6) is 0 Å². The summed E-state index contributed by atoms with van der Waals surface area (Å²) in [6.07, 6.45) is 21.6. The van der Waals surface area contributed by atoms with Gasteiger partial charge in [0.05, 0.1) is 0 Å². The SMILES string of the molecule is C=CC1C2CC(CCC(C)CC)CC2C(C=C)C2C(C3CCCC(N)C3)CCCC12. The fraction of sp³-hybridized carbons (Fsp3) is 0.862. The lowest BCUT2D eigenvalue weighted by Gasteiger charge is -2.56. The Morgan fingerprint density at radius 1 is 0.867 bits per heavy atom. The molecule has 0 radical (unpaired) electrons. The molecule has 1 heteroatoms. The lowest BCUT2D eigenvalue weighted by atomic mass is 9.49. The highest BCUT2D eigenvalue weighted by Gasteiger charge is 2.55. The Balaban J connectivity index is 1.55. The van der Waals surface area contributed by atoms with Crippen molar-refractivity contribution in [2.75, 3.05) is 0 Å². The van der Waals surface area contributed by atoms with E-state index in [1.54, 1.807) is 0 Å². The molecule has 0 heterocycles. The van der Waals surface area contributed by atoms with Crippen LogP contribution < -0.4 is 5.73 Å². The number of fused-ring (bicyclic) bond motifs is 2. The predicted octanol–water partition coefficient (Wildman–Crippen LogP) is 7.62. The number of hydrogen-bond donors (Lipinski definition) is 1. The van der Waals surface area contributed by atoms with E-state index >= 15 is 0 Å². The van der Waals surface area contributed by atoms with Crippen molar-refractivity contribution in [1.82, 2.24) is 0 Å². The quantitative estimate of drug-likeness (QED) is 0.428. The van der Waals surface area contributed by atoms with Gasteiger partial charge in [0.2, 0.25) is 0 Å². The first-order valence-electron chi connectivity index (χ1n) is 13.6. The molecule has 4 saturated carbocycles. The largest absolute Gasteiger partial charge is 0.328 e. The minimum absolute atomic E-state index is 0.453. The fourth-order valence-corrected chi connectivity index (χ4v) is 8.86. The number of nitrogens with two attached hydrogens (primary N) is 1. The number of hydrogen-bond acceptors (Lipinski definition) is 1. The zero-order valence-corrected chi connectivity index (χ0v) is 20.0. The standard InChI is InChI=1S/C29H49N/c1-5-19(4)14-15-20-16-27-23(6-2)26-13-9-12-25(21-10-8-11-22(30)18-21)29(26)24(7-3)28(27)17-20/h6-7,19-29H,2-3,5,8-18,30H2,1,4H3. The van der Waals surface area contributed by atoms with Crippen LogP contribution in [0.15, 0.2) is 25.3 Å². The molecule has 11 unspecified atom stereocenters. The van der Waals surface area contributed by atoms with Gasteiger partial charge in [0, 0.05) is 6.04 Å². The molecule has 0 aromatic carbocycles. The molecule has 2 N–H and O–H groups in total. The summed E-state index contributed by atoms with van der Waals surface area (Å²) in [5, 5.41) is 0. The molecule has 0 aromatic heterocycles. The molecule has 4 aliphatic carbocycles. The van der Waals surface area contributed by atoms with Crippen molar-refractivity contribution >= 4 is 0 Å². The van der Waals surface area contributed by atoms with Gasteiger partial charge in [0.1, 0.15) is 0 Å². The van der Waals surface area contributed by atoms with Gasteiger partial charge in [-0.1, -0.05) is 64.5 Å². The van der Waals surface area contributed by atoms with Gasteiger partial charge in [-0.25, -0.2) is 0 Å². The van der Waals surface area contributed by atoms with Gasteiger partial charge in [-0.2, -0.15) is 0 Å². The Morgan fingerprint density at radius 2 is 1.53 bits per heavy atom. The van der Waals surface area contributed by atoms with Crippen molar-refractivity contribution in [3.63, 3.8) is 0 Å². The minimum Gasteiger partial charge on any atom is -0.328 e. The zero-order valence-electron chi connectivity index (χ0n) is 20.0. The van der Waals surface area contributed by atoms with E-state index in [9.17, 15) is 0 Å². The second-order valence-electron chi connectivity index (χ2n) is 11.9. The number of rotatable bonds is 7. The minimum atomic E-state index is 0.453. The second kappa shape index (κ2) is 9.93. The van der Waals surface area contributed by atoms with Gasteiger partial charge in [-0.15, -0.1) is 13.2 Å². The molecule has 0 aromatic rings. The van der Waals surface area contributed by atoms with Crippen LogP contribution in [0.1, 0.15) is 90.9 Å². The van der Waals surface area contributed by atoms with Crippen LogP contribution in [0, 0.1) is 59.2 Å². The first-order chi connectivity index (χ1) is 14.6. The summed E-state index contributed by atoms with van der Waals surface area (Å²) < 4.78 is 0. The molecule has 4 aliphatic rings. The molecule has 4 rings (SSSR count). The van der Waals surface area contributed by atoms with Gasteiger partial charge in [0.25, 0.3) is 0 Å². The van der Waals surface area contributed by atoms with Crippen LogP contribution in [0.4, 0.5) is 0 Å². The van der Waals surface area contributed by atoms with Crippen molar-refractivity contribution < 1.29 is 0 Å². The molecule has 30 heavy (non-hydrogen) atoms. The smallest absolute Gasteiger partial charge is 0.00415 e. The van der Waals surface area contributed by atoms with Gasteiger partial charge in [-0.3, -0.25) is 0 Å². The Bertz CT molecular complexity index is 581. The summed E-state index contributed by atoms with van der Waals surface area (Å²) in [6.45, 7) is 13.6. The van der Waals surface area contributed by atoms with Gasteiger partial charge < -0.3 is 5.73 Å². The maximum absolute atomic E-state index is 6.46. The third-order valence-electron chi connectivity index (χ3n) is 10.4. The van der Waals surface area contributed by atoms with Gasteiger partial charge >= 0.3 is 0 Å². The summed E-state index contributed by atoms with van der Waals surface area (Å²) in [4.78, 5) is 0. The maximum atomic E-state index is 6.46. The molecule has 170 valence electrons. The van der Waals surface area contributed by atoms with Crippen LogP contribution in [0.25, 0.3) is 0 Å². The van der Waals surface area contributed by atoms with Crippen LogP contribution in [0.3, 0.4) is 0 Å². The van der Waals surface area contributed by atoms with Gasteiger partial charge in [-0.05, 0) is 97.7 Å². The molecule has 0 bridgehead atoms. The highest BCUT2D eigenvalue weighted by molar-refractivity contribution is 5.11. The molecular weight excluding hydrogens is 362 g/mol. The predicted molar refractivity (Wildman–Crippen MR) is 130 cm³/mol. The monoisotopic (exact) mass is 411 g/mol. The van der Waals surface area contributed by atoms with Crippen LogP contribution in [-0.4, -0.2) is 6.04 Å². The highest BCUT2D eigenvalue weighted by Crippen LogP contribution is 2.62. The van der Waals surface area contributed by atoms with E-state index < -0.39 is 0 Å². The molecule has 0 amide bonds. The van der Waals surface area contributed by atoms with E-state index in [-0.39, 0.29) is 0 Å². The lowest BCUT2D eigenvalue weighted by Crippen LogP contribution is -2.50. The molecule has 1 nitrogen and oxygen atoms in total. The van der Waals surface area contributed by atoms with E-state index in [0.717, 1.165) is 59.2 Å². The summed E-state index contributed by atoms with van der Waals surface area (Å²) >= 11 is 0. The average Bonchev–Trinajstić information content (AvgIpc) is 3.18. The Labute approximate surface area is 187 Å². The van der Waals surface area contributed by atoms with Crippen molar-refractivity contribution in [3.8, 4) is 0 Å². The third-order valence-corrected chi connectivity index (χ3v) is 10.4. The van der Waals surface area contributed by atoms with Gasteiger partial charge in [0.15, 0.2) is 0 Å². The topological polar surface area (TPSA) is 26.0 Å². The van der Waals surface area contributed by atoms with Crippen molar-refractivity contribution in [1.29, 1.82) is 0 Å². The molecule has 0 spiro atoms. The molecule has 0 aliphatic heterocycles. The van der Waals surface area contributed by atoms with E-state index in [1.165, 1.54) is 77.0 Å². The third kappa shape index (κ3) is 4.35. The maximum Gasteiger partial charge on any atom is 0.00415 e. The summed E-state index contributed by atoms with van der Waals surface area (Å²) in [7, 11) is 0. The van der Waals surface area contributed by atoms with Crippen LogP contribution in [-0.2, 0) is 0 Å². The summed E-state index contributed by atoms with van der Waals surface area (Å²) in [5.74, 6) is 8.54. The zero-order chi connectivity index (χ0) is 21.3. The normalized spacial score (nSPS) is 47.2. The lowest BCUT2D eigenvalue weighted by molar-refractivity contribution is -0.0474. The van der Waals surface area contributed by atoms with E-state index in [2.05, 4.69) is 39.2 Å². The Kier molecular flexibility index (Phi) is 7.49. The van der Waals surface area contributed by atoms with Crippen LogP contribution in [0.2, 0.25) is 0 Å². The van der Waals surface area contributed by atoms with Crippen molar-refractivity contribution in [2.24, 2.45) is 64.9 Å². The Morgan fingerprint density at radius 3 is 2.20 bits per heavy atom. The second-order valence-corrected chi connectivity index (χ2v) is 11.9. The average molecular weight is 412 g/mol. The van der Waals surface area contributed by atoms with Crippen molar-refractivity contribution in [2.45, 2.75) is 96.9 Å². The molecule has 0 saturated heterocycles. The van der Waals surface area contributed by atoms with Crippen LogP contribution >= 0.6 is 0 Å². The molecular formula is C29H49N. The molecule has 4 fully saturated rings. The molecule has 11 atom stereocenters. The highest BCUT2D eigenvalue weighted by atomic mass is 14.7. The van der Waals surface area contributed by atoms with E-state index in [4.69, 9.17) is 5.73 Å². The van der Waals surface area contributed by atoms with E-state index in [0.29, 0.717) is 6.04 Å². The van der Waals surface area contributed by atoms with E-state index in [1.807, 2.05) is 0 Å². The first kappa shape index (κ1) is 22.6. The summed E-state index contributed by atoms with van der Waals surface area (Å²) in [6, 6.07) is 0.453. The van der Waals surface area contributed by atoms with Crippen molar-refractivity contribution in [3.05, 3.63) is 25.3 Å². The first-order valence-corrected chi connectivity index (χ1v) is 13.6. The summed E-state index contributed by atoms with van der Waals surface area (Å²) in [5.41, 5.74) is 6.46. The fourth-order valence-electron chi connectivity index (χ4n) is 8.86. The number of allylic oxidation sites excluding steroid dienone is 2. The Hall–Kier alpha value is -0.560.